The van der Waals surface area contributed by atoms with E-state index in [4.69, 9.17) is 0 Å². The van der Waals surface area contributed by atoms with Crippen LogP contribution < -0.4 is 4.90 Å². The Morgan fingerprint density at radius 2 is 0.746 bits per heavy atom. The van der Waals surface area contributed by atoms with Gasteiger partial charge in [-0.2, -0.15) is 0 Å². The number of nitrogens with zero attached hydrogens (tertiary/aromatic N) is 1. The Morgan fingerprint density at radius 1 is 0.328 bits per heavy atom. The van der Waals surface area contributed by atoms with Gasteiger partial charge in [0, 0.05) is 43.1 Å². The third-order valence-corrected chi connectivity index (χ3v) is 17.2. The van der Waals surface area contributed by atoms with E-state index in [1.54, 1.807) is 0 Å². The summed E-state index contributed by atoms with van der Waals surface area (Å²) in [4.78, 5) is 5.25. The molecule has 67 heavy (non-hydrogen) atoms. The minimum absolute atomic E-state index is 0.155. The van der Waals surface area contributed by atoms with E-state index in [0.29, 0.717) is 0 Å². The lowest BCUT2D eigenvalue weighted by atomic mass is 9.70. The van der Waals surface area contributed by atoms with Crippen molar-refractivity contribution in [2.45, 2.75) is 43.9 Å². The Bertz CT molecular complexity index is 3590. The number of hydrogen-bond donors (Lipinski definition) is 0. The van der Waals surface area contributed by atoms with Crippen molar-refractivity contribution in [1.29, 1.82) is 0 Å². The highest BCUT2D eigenvalue weighted by atomic mass is 32.1. The van der Waals surface area contributed by atoms with Crippen LogP contribution in [0.15, 0.2) is 212 Å². The van der Waals surface area contributed by atoms with E-state index < -0.39 is 5.41 Å². The summed E-state index contributed by atoms with van der Waals surface area (Å²) in [6.45, 7) is 9.58. The molecule has 1 nitrogen and oxygen atoms in total. The van der Waals surface area contributed by atoms with Gasteiger partial charge in [0.1, 0.15) is 0 Å². The molecule has 2 heteroatoms. The zero-order valence-corrected chi connectivity index (χ0v) is 38.9. The Hall–Kier alpha value is -7.52. The first-order chi connectivity index (χ1) is 32.8. The summed E-state index contributed by atoms with van der Waals surface area (Å²) >= 11 is 1.95. The molecule has 4 aliphatic carbocycles. The molecular formula is C65H47NS. The van der Waals surface area contributed by atoms with E-state index >= 15 is 0 Å². The zero-order chi connectivity index (χ0) is 44.8. The van der Waals surface area contributed by atoms with Gasteiger partial charge in [-0.25, -0.2) is 0 Å². The Labute approximate surface area is 397 Å². The molecule has 0 N–H and O–H groups in total. The lowest BCUT2D eigenvalue weighted by Gasteiger charge is -2.33. The molecule has 10 aromatic rings. The van der Waals surface area contributed by atoms with Gasteiger partial charge in [-0.05, 0) is 119 Å². The summed E-state index contributed by atoms with van der Waals surface area (Å²) < 4.78 is 0. The molecule has 0 radical (unpaired) electrons. The maximum absolute atomic E-state index is 2.59. The molecule has 0 fully saturated rings. The van der Waals surface area contributed by atoms with Gasteiger partial charge in [-0.1, -0.05) is 210 Å². The van der Waals surface area contributed by atoms with E-state index in [1.807, 2.05) is 11.3 Å². The van der Waals surface area contributed by atoms with Crippen molar-refractivity contribution in [3.05, 3.63) is 257 Å². The molecule has 1 heterocycles. The third kappa shape index (κ3) is 5.04. The second-order valence-corrected chi connectivity index (χ2v) is 20.9. The van der Waals surface area contributed by atoms with Gasteiger partial charge in [-0.15, -0.1) is 11.3 Å². The largest absolute Gasteiger partial charge is 0.310 e. The predicted molar refractivity (Wildman–Crippen MR) is 281 cm³/mol. The summed E-state index contributed by atoms with van der Waals surface area (Å²) in [6.07, 6.45) is 0. The maximum atomic E-state index is 2.59. The molecule has 1 unspecified atom stereocenters. The summed E-state index contributed by atoms with van der Waals surface area (Å²) in [6, 6.07) is 80.5. The van der Waals surface area contributed by atoms with Crippen molar-refractivity contribution in [3.63, 3.8) is 0 Å². The standard InChI is InChI=1S/C65H47NS/c1-63(2)50-28-15-11-24-44(50)46-36-34-42(38-55(46)63)66(43-35-37-47-45-25-12-16-29-51(45)64(3,4)56(47)39-43)57-33-19-32-54-58(57)48-26-13-17-30-52(48)65(54)53-31-18-14-27-49(53)59-60(65)62(41-22-9-6-10-23-41)67-61(59)40-20-7-5-8-21-40/h5-39H,1-4H3. The van der Waals surface area contributed by atoms with Gasteiger partial charge >= 0.3 is 0 Å². The van der Waals surface area contributed by atoms with Gasteiger partial charge in [0.25, 0.3) is 0 Å². The topological polar surface area (TPSA) is 3.24 Å². The minimum Gasteiger partial charge on any atom is -0.310 e. The number of anilines is 3. The quantitative estimate of drug-likeness (QED) is 0.167. The first-order valence-corrected chi connectivity index (χ1v) is 24.5. The molecule has 1 atom stereocenters. The van der Waals surface area contributed by atoms with Gasteiger partial charge in [0.15, 0.2) is 0 Å². The van der Waals surface area contributed by atoms with Crippen molar-refractivity contribution in [1.82, 2.24) is 0 Å². The van der Waals surface area contributed by atoms with Crippen LogP contribution in [0.5, 0.6) is 0 Å². The maximum Gasteiger partial charge on any atom is 0.0740 e. The van der Waals surface area contributed by atoms with E-state index in [9.17, 15) is 0 Å². The van der Waals surface area contributed by atoms with Crippen LogP contribution in [0.4, 0.5) is 17.1 Å². The highest BCUT2D eigenvalue weighted by molar-refractivity contribution is 7.19. The van der Waals surface area contributed by atoms with Crippen molar-refractivity contribution in [2.75, 3.05) is 4.90 Å². The van der Waals surface area contributed by atoms with Crippen LogP contribution in [-0.2, 0) is 16.2 Å². The molecule has 4 aliphatic rings. The predicted octanol–water partition coefficient (Wildman–Crippen LogP) is 17.5. The summed E-state index contributed by atoms with van der Waals surface area (Å²) in [5.74, 6) is 0. The average molecular weight is 874 g/mol. The third-order valence-electron chi connectivity index (χ3n) is 15.9. The molecule has 0 saturated heterocycles. The van der Waals surface area contributed by atoms with Crippen LogP contribution in [0.1, 0.15) is 72.2 Å². The van der Waals surface area contributed by atoms with Crippen LogP contribution in [0, 0.1) is 0 Å². The van der Waals surface area contributed by atoms with E-state index in [1.165, 1.54) is 127 Å². The Morgan fingerprint density at radius 3 is 1.28 bits per heavy atom. The first kappa shape index (κ1) is 38.7. The second kappa shape index (κ2) is 13.8. The van der Waals surface area contributed by atoms with Crippen LogP contribution in [0.25, 0.3) is 65.4 Å². The molecule has 318 valence electrons. The lowest BCUT2D eigenvalue weighted by Crippen LogP contribution is -2.26. The first-order valence-electron chi connectivity index (χ1n) is 23.7. The number of thiophene rings is 1. The van der Waals surface area contributed by atoms with Gasteiger partial charge in [0.05, 0.1) is 11.1 Å². The molecule has 9 aromatic carbocycles. The van der Waals surface area contributed by atoms with Crippen molar-refractivity contribution in [2.24, 2.45) is 0 Å². The highest BCUT2D eigenvalue weighted by Gasteiger charge is 2.55. The Balaban J connectivity index is 1.08. The molecule has 1 spiro atoms. The lowest BCUT2D eigenvalue weighted by molar-refractivity contribution is 0.660. The van der Waals surface area contributed by atoms with Gasteiger partial charge in [-0.3, -0.25) is 0 Å². The SMILES string of the molecule is CC1(C)c2ccccc2-c2ccc(N(c3ccc4c(c3)C(C)(C)c3ccccc3-4)c3cccc4c3-c3ccccc3C43c4ccccc4-c4c(-c5ccccc5)sc(-c5ccccc5)c43)cc21. The van der Waals surface area contributed by atoms with Crippen molar-refractivity contribution >= 4 is 28.4 Å². The fourth-order valence-corrected chi connectivity index (χ4v) is 14.3. The summed E-state index contributed by atoms with van der Waals surface area (Å²) in [5, 5.41) is 0. The normalized spacial score (nSPS) is 16.7. The van der Waals surface area contributed by atoms with Gasteiger partial charge in [0.2, 0.25) is 0 Å². The van der Waals surface area contributed by atoms with Crippen molar-refractivity contribution < 1.29 is 0 Å². The van der Waals surface area contributed by atoms with Crippen LogP contribution in [0.2, 0.25) is 0 Å². The number of fused-ring (bicyclic) bond motifs is 16. The van der Waals surface area contributed by atoms with E-state index in [-0.39, 0.29) is 10.8 Å². The molecule has 0 aliphatic heterocycles. The van der Waals surface area contributed by atoms with Crippen molar-refractivity contribution in [3.8, 4) is 65.4 Å². The van der Waals surface area contributed by atoms with E-state index in [0.717, 1.165) is 0 Å². The highest BCUT2D eigenvalue weighted by Crippen LogP contribution is 2.69. The number of rotatable bonds is 5. The molecule has 0 saturated carbocycles. The number of hydrogen-bond acceptors (Lipinski definition) is 2. The van der Waals surface area contributed by atoms with Crippen LogP contribution in [-0.4, -0.2) is 0 Å². The zero-order valence-electron chi connectivity index (χ0n) is 38.1. The molecule has 0 amide bonds. The average Bonchev–Trinajstić information content (AvgIpc) is 4.12. The van der Waals surface area contributed by atoms with E-state index in [2.05, 4.69) is 245 Å². The molecule has 1 aromatic heterocycles. The number of benzene rings is 9. The molecular weight excluding hydrogens is 827 g/mol. The molecule has 0 bridgehead atoms. The summed E-state index contributed by atoms with van der Waals surface area (Å²) in [5.41, 5.74) is 26.7. The molecule has 14 rings (SSSR count). The Kier molecular flexibility index (Phi) is 7.95. The van der Waals surface area contributed by atoms with Crippen LogP contribution in [0.3, 0.4) is 0 Å². The van der Waals surface area contributed by atoms with Gasteiger partial charge < -0.3 is 4.90 Å². The smallest absolute Gasteiger partial charge is 0.0740 e. The second-order valence-electron chi connectivity index (χ2n) is 19.9. The van der Waals surface area contributed by atoms with Crippen LogP contribution >= 0.6 is 11.3 Å². The minimum atomic E-state index is -0.558. The fourth-order valence-electron chi connectivity index (χ4n) is 12.9. The summed E-state index contributed by atoms with van der Waals surface area (Å²) in [7, 11) is 0. The monoisotopic (exact) mass is 873 g/mol. The fraction of sp³-hybridized carbons (Fsp3) is 0.108.